The lowest BCUT2D eigenvalue weighted by Crippen LogP contribution is -2.07. The fraction of sp³-hybridized carbons (Fsp3) is 0.118. The molecule has 0 aliphatic heterocycles. The lowest BCUT2D eigenvalue weighted by atomic mass is 10.2. The topological polar surface area (TPSA) is 34.1 Å². The van der Waals surface area contributed by atoms with Crippen LogP contribution in [-0.2, 0) is 12.7 Å². The first-order valence-corrected chi connectivity index (χ1v) is 9.50. The van der Waals surface area contributed by atoms with E-state index in [0.717, 1.165) is 4.88 Å². The fourth-order valence-electron chi connectivity index (χ4n) is 2.19. The first kappa shape index (κ1) is 20.8. The molecule has 0 saturated carbocycles. The van der Waals surface area contributed by atoms with Crippen LogP contribution in [-0.4, -0.2) is 4.98 Å². The number of aromatic nitrogens is 1. The number of thiazole rings is 1. The summed E-state index contributed by atoms with van der Waals surface area (Å²) in [5.74, 6) is -3.80. The number of hydrogen-bond donors (Lipinski definition) is 1. The number of nitrogens with zero attached hydrogens (tertiary/aromatic N) is 1. The van der Waals surface area contributed by atoms with Crippen LogP contribution in [0.15, 0.2) is 41.0 Å². The molecule has 1 heterocycles. The summed E-state index contributed by atoms with van der Waals surface area (Å²) in [6, 6.07) is 4.80. The summed E-state index contributed by atoms with van der Waals surface area (Å²) in [7, 11) is 0. The maximum atomic E-state index is 14.0. The molecule has 148 valence electrons. The quantitative estimate of drug-likeness (QED) is 0.375. The predicted octanol–water partition coefficient (Wildman–Crippen LogP) is 7.26. The monoisotopic (exact) mass is 498 g/mol. The summed E-state index contributed by atoms with van der Waals surface area (Å²) in [4.78, 5) is 4.76. The Hall–Kier alpha value is -1.91. The molecule has 28 heavy (non-hydrogen) atoms. The Morgan fingerprint density at radius 3 is 2.39 bits per heavy atom. The van der Waals surface area contributed by atoms with Crippen molar-refractivity contribution in [3.8, 4) is 11.5 Å². The van der Waals surface area contributed by atoms with Crippen molar-refractivity contribution in [3.63, 3.8) is 0 Å². The second-order valence-electron chi connectivity index (χ2n) is 5.44. The summed E-state index contributed by atoms with van der Waals surface area (Å²) >= 11 is 10.4. The van der Waals surface area contributed by atoms with Gasteiger partial charge in [-0.15, -0.1) is 11.3 Å². The predicted molar refractivity (Wildman–Crippen MR) is 100 cm³/mol. The Morgan fingerprint density at radius 2 is 1.82 bits per heavy atom. The first-order valence-electron chi connectivity index (χ1n) is 7.51. The number of benzene rings is 2. The molecule has 0 atom stereocenters. The molecule has 1 N–H and O–H groups in total. The highest BCUT2D eigenvalue weighted by Crippen LogP contribution is 2.37. The van der Waals surface area contributed by atoms with Crippen molar-refractivity contribution >= 4 is 44.6 Å². The van der Waals surface area contributed by atoms with Crippen LogP contribution < -0.4 is 10.1 Å². The molecule has 0 fully saturated rings. The molecule has 0 saturated heterocycles. The maximum absolute atomic E-state index is 14.0. The van der Waals surface area contributed by atoms with Gasteiger partial charge in [-0.25, -0.2) is 13.8 Å². The largest absolute Gasteiger partial charge is 0.451 e. The van der Waals surface area contributed by atoms with Crippen LogP contribution >= 0.6 is 38.9 Å². The number of ether oxygens (including phenoxy) is 1. The highest BCUT2D eigenvalue weighted by atomic mass is 79.9. The molecule has 0 bridgehead atoms. The molecule has 1 aromatic heterocycles. The van der Waals surface area contributed by atoms with Crippen molar-refractivity contribution in [2.24, 2.45) is 0 Å². The number of anilines is 1. The van der Waals surface area contributed by atoms with E-state index < -0.39 is 29.1 Å². The average Bonchev–Trinajstić information content (AvgIpc) is 3.02. The fourth-order valence-corrected chi connectivity index (χ4v) is 3.49. The molecule has 0 unspecified atom stereocenters. The van der Waals surface area contributed by atoms with Gasteiger partial charge >= 0.3 is 6.18 Å². The van der Waals surface area contributed by atoms with Crippen molar-refractivity contribution < 1.29 is 26.7 Å². The molecule has 2 aromatic carbocycles. The van der Waals surface area contributed by atoms with Crippen LogP contribution in [0.25, 0.3) is 0 Å². The van der Waals surface area contributed by atoms with E-state index in [-0.39, 0.29) is 17.9 Å². The van der Waals surface area contributed by atoms with Gasteiger partial charge in [0.15, 0.2) is 21.9 Å². The third-order valence-corrected chi connectivity index (χ3v) is 5.27. The van der Waals surface area contributed by atoms with E-state index in [4.69, 9.17) is 16.3 Å². The molecular formula is C17H9BrClF5N2OS. The third kappa shape index (κ3) is 4.92. The second kappa shape index (κ2) is 8.22. The third-order valence-electron chi connectivity index (χ3n) is 3.46. The van der Waals surface area contributed by atoms with E-state index in [1.54, 1.807) is 12.3 Å². The standard InChI is InChI=1S/C17H9BrClF5N2OS/c18-11-2-1-9(5-14(11)25-6-10-7-26-16(19)28-10)27-15-12(20)3-8(4-13(15)21)17(22,23)24/h1-5,7,25H,6H2. The zero-order valence-corrected chi connectivity index (χ0v) is 16.7. The van der Waals surface area contributed by atoms with Crippen molar-refractivity contribution in [2.45, 2.75) is 12.7 Å². The van der Waals surface area contributed by atoms with Crippen molar-refractivity contribution in [3.05, 3.63) is 67.5 Å². The molecule has 0 aliphatic rings. The van der Waals surface area contributed by atoms with E-state index in [9.17, 15) is 22.0 Å². The van der Waals surface area contributed by atoms with E-state index in [0.29, 0.717) is 21.2 Å². The van der Waals surface area contributed by atoms with Crippen LogP contribution in [0.3, 0.4) is 0 Å². The maximum Gasteiger partial charge on any atom is 0.416 e. The van der Waals surface area contributed by atoms with Gasteiger partial charge in [-0.3, -0.25) is 0 Å². The number of rotatable bonds is 5. The lowest BCUT2D eigenvalue weighted by Gasteiger charge is -2.13. The Kier molecular flexibility index (Phi) is 6.11. The van der Waals surface area contributed by atoms with Crippen LogP contribution in [0.1, 0.15) is 10.4 Å². The van der Waals surface area contributed by atoms with Gasteiger partial charge in [0.05, 0.1) is 17.8 Å². The summed E-state index contributed by atoms with van der Waals surface area (Å²) < 4.78 is 72.0. The van der Waals surface area contributed by atoms with Gasteiger partial charge in [-0.05, 0) is 40.2 Å². The van der Waals surface area contributed by atoms with Gasteiger partial charge in [0, 0.05) is 21.6 Å². The Balaban J connectivity index is 1.81. The number of nitrogens with one attached hydrogen (secondary N) is 1. The van der Waals surface area contributed by atoms with Gasteiger partial charge in [-0.2, -0.15) is 13.2 Å². The van der Waals surface area contributed by atoms with Crippen molar-refractivity contribution in [2.75, 3.05) is 5.32 Å². The summed E-state index contributed by atoms with van der Waals surface area (Å²) in [5, 5.41) is 3.08. The Morgan fingerprint density at radius 1 is 1.14 bits per heavy atom. The van der Waals surface area contributed by atoms with Crippen molar-refractivity contribution in [1.29, 1.82) is 0 Å². The minimum Gasteiger partial charge on any atom is -0.451 e. The molecule has 0 radical (unpaired) electrons. The number of halogens is 7. The molecule has 3 rings (SSSR count). The number of alkyl halides is 3. The zero-order chi connectivity index (χ0) is 20.5. The van der Waals surface area contributed by atoms with Crippen LogP contribution in [0, 0.1) is 11.6 Å². The second-order valence-corrected chi connectivity index (χ2v) is 8.00. The molecule has 0 amide bonds. The minimum atomic E-state index is -4.87. The van der Waals surface area contributed by atoms with Crippen LogP contribution in [0.2, 0.25) is 4.47 Å². The first-order chi connectivity index (χ1) is 13.1. The molecule has 11 heteroatoms. The van der Waals surface area contributed by atoms with Crippen LogP contribution in [0.4, 0.5) is 27.6 Å². The Labute approximate surface area is 173 Å². The Bertz CT molecular complexity index is 988. The van der Waals surface area contributed by atoms with Gasteiger partial charge in [-0.1, -0.05) is 11.6 Å². The van der Waals surface area contributed by atoms with Gasteiger partial charge in [0.1, 0.15) is 5.75 Å². The van der Waals surface area contributed by atoms with E-state index in [1.165, 1.54) is 23.5 Å². The molecule has 0 aliphatic carbocycles. The molecule has 3 aromatic rings. The minimum absolute atomic E-state index is 0.0330. The van der Waals surface area contributed by atoms with E-state index in [1.807, 2.05) is 0 Å². The SMILES string of the molecule is Fc1cc(C(F)(F)F)cc(F)c1Oc1ccc(Br)c(NCc2cnc(Cl)s2)c1. The average molecular weight is 500 g/mol. The smallest absolute Gasteiger partial charge is 0.416 e. The van der Waals surface area contributed by atoms with Gasteiger partial charge < -0.3 is 10.1 Å². The van der Waals surface area contributed by atoms with Gasteiger partial charge in [0.25, 0.3) is 0 Å². The molecule has 0 spiro atoms. The summed E-state index contributed by atoms with van der Waals surface area (Å²) in [6.07, 6.45) is -3.27. The highest BCUT2D eigenvalue weighted by molar-refractivity contribution is 9.10. The van der Waals surface area contributed by atoms with E-state index in [2.05, 4.69) is 26.2 Å². The van der Waals surface area contributed by atoms with Gasteiger partial charge in [0.2, 0.25) is 0 Å². The number of hydrogen-bond acceptors (Lipinski definition) is 4. The summed E-state index contributed by atoms with van der Waals surface area (Å²) in [5.41, 5.74) is -0.897. The van der Waals surface area contributed by atoms with Crippen molar-refractivity contribution in [1.82, 2.24) is 4.98 Å². The molecule has 3 nitrogen and oxygen atoms in total. The highest BCUT2D eigenvalue weighted by Gasteiger charge is 2.33. The normalized spacial score (nSPS) is 11.5. The zero-order valence-electron chi connectivity index (χ0n) is 13.6. The van der Waals surface area contributed by atoms with E-state index >= 15 is 0 Å². The van der Waals surface area contributed by atoms with Crippen LogP contribution in [0.5, 0.6) is 11.5 Å². The summed E-state index contributed by atoms with van der Waals surface area (Å²) in [6.45, 7) is 0.384. The molecular weight excluding hydrogens is 491 g/mol. The lowest BCUT2D eigenvalue weighted by molar-refractivity contribution is -0.138.